The minimum atomic E-state index is -3.07. The van der Waals surface area contributed by atoms with Crippen LogP contribution in [0.2, 0.25) is 0 Å². The van der Waals surface area contributed by atoms with Crippen molar-refractivity contribution in [3.63, 3.8) is 0 Å². The van der Waals surface area contributed by atoms with Crippen LogP contribution in [-0.4, -0.2) is 61.2 Å². The second-order valence-corrected chi connectivity index (χ2v) is 9.89. The van der Waals surface area contributed by atoms with Crippen LogP contribution in [0.1, 0.15) is 40.0 Å². The van der Waals surface area contributed by atoms with E-state index in [1.54, 1.807) is 4.31 Å². The Morgan fingerprint density at radius 1 is 1.15 bits per heavy atom. The van der Waals surface area contributed by atoms with Crippen molar-refractivity contribution in [2.24, 2.45) is 5.92 Å². The summed E-state index contributed by atoms with van der Waals surface area (Å²) >= 11 is 0. The third-order valence-corrected chi connectivity index (χ3v) is 7.76. The van der Waals surface area contributed by atoms with Gasteiger partial charge < -0.3 is 4.74 Å². The molecule has 1 aromatic carbocycles. The molecule has 26 heavy (non-hydrogen) atoms. The average molecular weight is 381 g/mol. The predicted molar refractivity (Wildman–Crippen MR) is 105 cm³/mol. The lowest BCUT2D eigenvalue weighted by atomic mass is 9.80. The number of benzene rings is 1. The fourth-order valence-corrected chi connectivity index (χ4v) is 5.85. The molecule has 5 nitrogen and oxygen atoms in total. The van der Waals surface area contributed by atoms with E-state index >= 15 is 0 Å². The van der Waals surface area contributed by atoms with E-state index in [0.717, 1.165) is 25.1 Å². The Bertz CT molecular complexity index is 670. The molecule has 0 aliphatic carbocycles. The summed E-state index contributed by atoms with van der Waals surface area (Å²) < 4.78 is 32.6. The van der Waals surface area contributed by atoms with Gasteiger partial charge in [-0.05, 0) is 51.2 Å². The number of para-hydroxylation sites is 1. The number of hydrogen-bond donors (Lipinski definition) is 0. The standard InChI is InChI=1S/C20H32N2O3S/c1-4-14-26(23,24)21-12-10-17(11-13-21)20-19(15-22(20)16(2)3)25-18-8-6-5-7-9-18/h5-9,16-17,19-20H,4,10-15H2,1-3H3/t19-,20-/m0/s1. The van der Waals surface area contributed by atoms with Crippen molar-refractivity contribution in [3.05, 3.63) is 30.3 Å². The second kappa shape index (κ2) is 8.28. The first-order valence-corrected chi connectivity index (χ1v) is 11.5. The van der Waals surface area contributed by atoms with E-state index in [-0.39, 0.29) is 11.9 Å². The smallest absolute Gasteiger partial charge is 0.214 e. The fourth-order valence-electron chi connectivity index (χ4n) is 4.31. The lowest BCUT2D eigenvalue weighted by Gasteiger charge is -2.54. The Labute approximate surface area is 158 Å². The molecule has 2 aliphatic heterocycles. The van der Waals surface area contributed by atoms with Crippen LogP contribution in [0.5, 0.6) is 5.75 Å². The molecule has 0 N–H and O–H groups in total. The Morgan fingerprint density at radius 3 is 2.38 bits per heavy atom. The van der Waals surface area contributed by atoms with E-state index in [1.165, 1.54) is 0 Å². The quantitative estimate of drug-likeness (QED) is 0.730. The monoisotopic (exact) mass is 380 g/mol. The van der Waals surface area contributed by atoms with Gasteiger partial charge in [0.1, 0.15) is 11.9 Å². The number of likely N-dealkylation sites (tertiary alicyclic amines) is 1. The first kappa shape index (κ1) is 19.6. The molecule has 2 aliphatic rings. The van der Waals surface area contributed by atoms with Crippen LogP contribution in [0.3, 0.4) is 0 Å². The average Bonchev–Trinajstić information content (AvgIpc) is 2.59. The summed E-state index contributed by atoms with van der Waals surface area (Å²) in [6, 6.07) is 10.9. The van der Waals surface area contributed by atoms with Gasteiger partial charge in [0.25, 0.3) is 0 Å². The van der Waals surface area contributed by atoms with Gasteiger partial charge in [0.05, 0.1) is 11.8 Å². The van der Waals surface area contributed by atoms with Crippen LogP contribution in [0.15, 0.2) is 30.3 Å². The maximum Gasteiger partial charge on any atom is 0.214 e. The van der Waals surface area contributed by atoms with Gasteiger partial charge in [-0.1, -0.05) is 25.1 Å². The van der Waals surface area contributed by atoms with Gasteiger partial charge in [-0.2, -0.15) is 0 Å². The van der Waals surface area contributed by atoms with E-state index in [4.69, 9.17) is 4.74 Å². The highest BCUT2D eigenvalue weighted by Crippen LogP contribution is 2.36. The summed E-state index contributed by atoms with van der Waals surface area (Å²) in [6.07, 6.45) is 2.72. The third-order valence-electron chi connectivity index (χ3n) is 5.69. The first-order valence-electron chi connectivity index (χ1n) is 9.87. The molecule has 0 unspecified atom stereocenters. The largest absolute Gasteiger partial charge is 0.487 e. The van der Waals surface area contributed by atoms with Crippen LogP contribution < -0.4 is 4.74 Å². The predicted octanol–water partition coefficient (Wildman–Crippen LogP) is 2.98. The number of ether oxygens (including phenoxy) is 1. The molecule has 146 valence electrons. The molecule has 3 rings (SSSR count). The summed E-state index contributed by atoms with van der Waals surface area (Å²) in [7, 11) is -3.07. The molecular formula is C20H32N2O3S. The van der Waals surface area contributed by atoms with Crippen LogP contribution in [0, 0.1) is 5.92 Å². The maximum atomic E-state index is 12.3. The van der Waals surface area contributed by atoms with E-state index in [1.807, 2.05) is 37.3 Å². The van der Waals surface area contributed by atoms with Gasteiger partial charge >= 0.3 is 0 Å². The molecule has 0 aromatic heterocycles. The minimum absolute atomic E-state index is 0.198. The second-order valence-electron chi connectivity index (χ2n) is 7.80. The van der Waals surface area contributed by atoms with Crippen LogP contribution >= 0.6 is 0 Å². The van der Waals surface area contributed by atoms with E-state index in [2.05, 4.69) is 18.7 Å². The van der Waals surface area contributed by atoms with Crippen LogP contribution in [-0.2, 0) is 10.0 Å². The van der Waals surface area contributed by atoms with Crippen molar-refractivity contribution >= 4 is 10.0 Å². The Morgan fingerprint density at radius 2 is 1.81 bits per heavy atom. The maximum absolute atomic E-state index is 12.3. The van der Waals surface area contributed by atoms with Gasteiger partial charge in [0, 0.05) is 25.7 Å². The Kier molecular flexibility index (Phi) is 6.25. The zero-order chi connectivity index (χ0) is 18.7. The molecule has 2 fully saturated rings. The minimum Gasteiger partial charge on any atom is -0.487 e. The normalized spacial score (nSPS) is 26.0. The number of hydrogen-bond acceptors (Lipinski definition) is 4. The number of piperidine rings is 1. The van der Waals surface area contributed by atoms with E-state index in [0.29, 0.717) is 37.5 Å². The van der Waals surface area contributed by atoms with Crippen molar-refractivity contribution < 1.29 is 13.2 Å². The molecule has 6 heteroatoms. The van der Waals surface area contributed by atoms with Gasteiger partial charge in [-0.15, -0.1) is 0 Å². The highest BCUT2D eigenvalue weighted by molar-refractivity contribution is 7.89. The lowest BCUT2D eigenvalue weighted by molar-refractivity contribution is -0.0972. The molecule has 0 saturated carbocycles. The third kappa shape index (κ3) is 4.24. The van der Waals surface area contributed by atoms with E-state index < -0.39 is 10.0 Å². The molecule has 2 saturated heterocycles. The topological polar surface area (TPSA) is 49.9 Å². The van der Waals surface area contributed by atoms with Gasteiger partial charge in [-0.3, -0.25) is 4.90 Å². The SMILES string of the molecule is CCCS(=O)(=O)N1CCC([C@H]2[C@@H](Oc3ccccc3)CN2C(C)C)CC1. The van der Waals surface area contributed by atoms with Crippen molar-refractivity contribution in [3.8, 4) is 5.75 Å². The Hall–Kier alpha value is -1.11. The number of sulfonamides is 1. The molecule has 1 aromatic rings. The van der Waals surface area contributed by atoms with Crippen molar-refractivity contribution in [2.75, 3.05) is 25.4 Å². The van der Waals surface area contributed by atoms with Gasteiger partial charge in [-0.25, -0.2) is 12.7 Å². The Balaban J connectivity index is 1.63. The molecule has 2 heterocycles. The summed E-state index contributed by atoms with van der Waals surface area (Å²) in [6.45, 7) is 8.62. The summed E-state index contributed by atoms with van der Waals surface area (Å²) in [4.78, 5) is 2.51. The highest BCUT2D eigenvalue weighted by atomic mass is 32.2. The molecule has 0 amide bonds. The number of rotatable bonds is 7. The molecule has 0 bridgehead atoms. The molecule has 0 spiro atoms. The molecule has 0 radical (unpaired) electrons. The van der Waals surface area contributed by atoms with Crippen molar-refractivity contribution in [2.45, 2.75) is 58.2 Å². The molecule has 2 atom stereocenters. The highest BCUT2D eigenvalue weighted by Gasteiger charge is 2.47. The fraction of sp³-hybridized carbons (Fsp3) is 0.700. The first-order chi connectivity index (χ1) is 12.4. The summed E-state index contributed by atoms with van der Waals surface area (Å²) in [5.41, 5.74) is 0. The van der Waals surface area contributed by atoms with Crippen LogP contribution in [0.4, 0.5) is 0 Å². The van der Waals surface area contributed by atoms with Crippen LogP contribution in [0.25, 0.3) is 0 Å². The zero-order valence-electron chi connectivity index (χ0n) is 16.2. The zero-order valence-corrected chi connectivity index (χ0v) is 17.0. The molecular weight excluding hydrogens is 348 g/mol. The summed E-state index contributed by atoms with van der Waals surface area (Å²) in [5, 5.41) is 0. The van der Waals surface area contributed by atoms with Gasteiger partial charge in [0.15, 0.2) is 0 Å². The van der Waals surface area contributed by atoms with E-state index in [9.17, 15) is 8.42 Å². The van der Waals surface area contributed by atoms with Crippen molar-refractivity contribution in [1.29, 1.82) is 0 Å². The van der Waals surface area contributed by atoms with Crippen molar-refractivity contribution in [1.82, 2.24) is 9.21 Å². The number of nitrogens with zero attached hydrogens (tertiary/aromatic N) is 2. The summed E-state index contributed by atoms with van der Waals surface area (Å²) in [5.74, 6) is 1.68. The van der Waals surface area contributed by atoms with Gasteiger partial charge in [0.2, 0.25) is 10.0 Å². The lowest BCUT2D eigenvalue weighted by Crippen LogP contribution is -2.68.